The molecule has 2 aromatic rings. The third-order valence-corrected chi connectivity index (χ3v) is 3.80. The Kier molecular flexibility index (Phi) is 4.80. The lowest BCUT2D eigenvalue weighted by Crippen LogP contribution is -2.31. The molecule has 0 aliphatic carbocycles. The fraction of sp³-hybridized carbons (Fsp3) is 0.333. The van der Waals surface area contributed by atoms with Crippen LogP contribution in [0.15, 0.2) is 48.5 Å². The number of aryl methyl sites for hydroxylation is 2. The van der Waals surface area contributed by atoms with Gasteiger partial charge in [-0.1, -0.05) is 42.0 Å². The zero-order valence-corrected chi connectivity index (χ0v) is 12.9. The molecule has 1 N–H and O–H groups in total. The Labute approximate surface area is 122 Å². The number of likely N-dealkylation sites (N-methyl/N-ethyl adjacent to an activating group) is 2. The van der Waals surface area contributed by atoms with Crippen LogP contribution in [0.4, 0.5) is 5.69 Å². The van der Waals surface area contributed by atoms with Crippen LogP contribution in [0.3, 0.4) is 0 Å². The highest BCUT2D eigenvalue weighted by Gasteiger charge is 2.14. The molecule has 0 aromatic heterocycles. The van der Waals surface area contributed by atoms with Crippen LogP contribution in [-0.4, -0.2) is 20.6 Å². The molecule has 0 aliphatic heterocycles. The molecule has 20 heavy (non-hydrogen) atoms. The van der Waals surface area contributed by atoms with E-state index < -0.39 is 0 Å². The molecule has 0 bridgehead atoms. The first kappa shape index (κ1) is 14.6. The van der Waals surface area contributed by atoms with E-state index >= 15 is 0 Å². The first-order chi connectivity index (χ1) is 9.61. The minimum Gasteiger partial charge on any atom is -0.373 e. The minimum atomic E-state index is 0.334. The Morgan fingerprint density at radius 2 is 1.75 bits per heavy atom. The zero-order valence-electron chi connectivity index (χ0n) is 12.9. The van der Waals surface area contributed by atoms with Crippen LogP contribution < -0.4 is 10.2 Å². The average molecular weight is 268 g/mol. The third kappa shape index (κ3) is 3.40. The first-order valence-electron chi connectivity index (χ1n) is 7.12. The second-order valence-corrected chi connectivity index (χ2v) is 5.42. The fourth-order valence-corrected chi connectivity index (χ4v) is 2.62. The Bertz CT molecular complexity index is 549. The van der Waals surface area contributed by atoms with E-state index in [1.165, 1.54) is 22.4 Å². The summed E-state index contributed by atoms with van der Waals surface area (Å²) in [5.74, 6) is 0. The molecule has 2 heteroatoms. The predicted molar refractivity (Wildman–Crippen MR) is 87.4 cm³/mol. The van der Waals surface area contributed by atoms with Gasteiger partial charge in [0.15, 0.2) is 0 Å². The van der Waals surface area contributed by atoms with E-state index in [-0.39, 0.29) is 0 Å². The van der Waals surface area contributed by atoms with Crippen LogP contribution >= 0.6 is 0 Å². The van der Waals surface area contributed by atoms with E-state index in [9.17, 15) is 0 Å². The highest BCUT2D eigenvalue weighted by atomic mass is 15.1. The largest absolute Gasteiger partial charge is 0.373 e. The second-order valence-electron chi connectivity index (χ2n) is 5.42. The molecule has 0 amide bonds. The van der Waals surface area contributed by atoms with E-state index in [2.05, 4.69) is 79.6 Å². The summed E-state index contributed by atoms with van der Waals surface area (Å²) >= 11 is 0. The summed E-state index contributed by atoms with van der Waals surface area (Å²) < 4.78 is 0. The second kappa shape index (κ2) is 6.58. The maximum absolute atomic E-state index is 3.44. The molecule has 0 aliphatic rings. The molecule has 0 saturated carbocycles. The predicted octanol–water partition coefficient (Wildman–Crippen LogP) is 3.70. The minimum absolute atomic E-state index is 0.334. The Balaban J connectivity index is 2.17. The summed E-state index contributed by atoms with van der Waals surface area (Å²) in [6.45, 7) is 5.28. The summed E-state index contributed by atoms with van der Waals surface area (Å²) in [6, 6.07) is 17.5. The molecule has 1 unspecified atom stereocenters. The van der Waals surface area contributed by atoms with Gasteiger partial charge in [-0.15, -0.1) is 0 Å². The maximum Gasteiger partial charge on any atom is 0.0498 e. The molecule has 0 spiro atoms. The molecule has 2 aromatic carbocycles. The standard InChI is InChI=1S/C18H24N2/c1-14-10-11-17(15(2)12-14)18(19-3)13-20(4)16-8-6-5-7-9-16/h5-12,18-19H,13H2,1-4H3. The van der Waals surface area contributed by atoms with Crippen molar-refractivity contribution in [3.05, 3.63) is 65.2 Å². The van der Waals surface area contributed by atoms with E-state index in [0.29, 0.717) is 6.04 Å². The van der Waals surface area contributed by atoms with Gasteiger partial charge in [0, 0.05) is 25.3 Å². The van der Waals surface area contributed by atoms with Gasteiger partial charge in [-0.25, -0.2) is 0 Å². The lowest BCUT2D eigenvalue weighted by atomic mass is 9.99. The SMILES string of the molecule is CNC(CN(C)c1ccccc1)c1ccc(C)cc1C. The van der Waals surface area contributed by atoms with Crippen molar-refractivity contribution in [1.29, 1.82) is 0 Å². The van der Waals surface area contributed by atoms with Crippen LogP contribution in [0, 0.1) is 13.8 Å². The molecule has 0 fully saturated rings. The third-order valence-electron chi connectivity index (χ3n) is 3.80. The van der Waals surface area contributed by atoms with E-state index in [4.69, 9.17) is 0 Å². The molecule has 2 nitrogen and oxygen atoms in total. The van der Waals surface area contributed by atoms with Crippen molar-refractivity contribution in [2.45, 2.75) is 19.9 Å². The number of hydrogen-bond donors (Lipinski definition) is 1. The van der Waals surface area contributed by atoms with Gasteiger partial charge in [-0.2, -0.15) is 0 Å². The number of para-hydroxylation sites is 1. The normalized spacial score (nSPS) is 12.2. The molecule has 1 atom stereocenters. The van der Waals surface area contributed by atoms with Crippen molar-refractivity contribution < 1.29 is 0 Å². The van der Waals surface area contributed by atoms with E-state index in [1.54, 1.807) is 0 Å². The van der Waals surface area contributed by atoms with Gasteiger partial charge in [-0.05, 0) is 44.2 Å². The number of nitrogens with one attached hydrogen (secondary N) is 1. The van der Waals surface area contributed by atoms with Crippen LogP contribution in [-0.2, 0) is 0 Å². The van der Waals surface area contributed by atoms with E-state index in [1.807, 2.05) is 7.05 Å². The van der Waals surface area contributed by atoms with Gasteiger partial charge in [0.2, 0.25) is 0 Å². The van der Waals surface area contributed by atoms with Crippen LogP contribution in [0.5, 0.6) is 0 Å². The van der Waals surface area contributed by atoms with Crippen molar-refractivity contribution in [3.8, 4) is 0 Å². The first-order valence-corrected chi connectivity index (χ1v) is 7.12. The summed E-state index contributed by atoms with van der Waals surface area (Å²) in [5, 5.41) is 3.44. The van der Waals surface area contributed by atoms with Gasteiger partial charge in [-0.3, -0.25) is 0 Å². The van der Waals surface area contributed by atoms with Crippen LogP contribution in [0.2, 0.25) is 0 Å². The Morgan fingerprint density at radius 1 is 1.05 bits per heavy atom. The van der Waals surface area contributed by atoms with Crippen molar-refractivity contribution >= 4 is 5.69 Å². The lowest BCUT2D eigenvalue weighted by Gasteiger charge is -2.27. The molecule has 0 saturated heterocycles. The number of anilines is 1. The van der Waals surface area contributed by atoms with E-state index in [0.717, 1.165) is 6.54 Å². The van der Waals surface area contributed by atoms with Gasteiger partial charge in [0.1, 0.15) is 0 Å². The molecule has 0 heterocycles. The smallest absolute Gasteiger partial charge is 0.0498 e. The zero-order chi connectivity index (χ0) is 14.5. The lowest BCUT2D eigenvalue weighted by molar-refractivity contribution is 0.586. The molecule has 2 rings (SSSR count). The fourth-order valence-electron chi connectivity index (χ4n) is 2.62. The number of rotatable bonds is 5. The summed E-state index contributed by atoms with van der Waals surface area (Å²) in [6.07, 6.45) is 0. The molecular weight excluding hydrogens is 244 g/mol. The number of hydrogen-bond acceptors (Lipinski definition) is 2. The van der Waals surface area contributed by atoms with Crippen molar-refractivity contribution in [3.63, 3.8) is 0 Å². The number of nitrogens with zero attached hydrogens (tertiary/aromatic N) is 1. The highest BCUT2D eigenvalue weighted by molar-refractivity contribution is 5.46. The van der Waals surface area contributed by atoms with Crippen molar-refractivity contribution in [2.24, 2.45) is 0 Å². The van der Waals surface area contributed by atoms with Gasteiger partial charge in [0.05, 0.1) is 0 Å². The summed E-state index contributed by atoms with van der Waals surface area (Å²) in [4.78, 5) is 2.29. The monoisotopic (exact) mass is 268 g/mol. The van der Waals surface area contributed by atoms with Gasteiger partial charge < -0.3 is 10.2 Å². The topological polar surface area (TPSA) is 15.3 Å². The quantitative estimate of drug-likeness (QED) is 0.889. The van der Waals surface area contributed by atoms with Gasteiger partial charge in [0.25, 0.3) is 0 Å². The maximum atomic E-state index is 3.44. The number of benzene rings is 2. The average Bonchev–Trinajstić information content (AvgIpc) is 2.46. The Morgan fingerprint density at radius 3 is 2.35 bits per heavy atom. The van der Waals surface area contributed by atoms with Crippen LogP contribution in [0.25, 0.3) is 0 Å². The molecule has 0 radical (unpaired) electrons. The summed E-state index contributed by atoms with van der Waals surface area (Å²) in [7, 11) is 4.17. The van der Waals surface area contributed by atoms with Crippen molar-refractivity contribution in [1.82, 2.24) is 5.32 Å². The molecular formula is C18H24N2. The Hall–Kier alpha value is -1.80. The highest BCUT2D eigenvalue weighted by Crippen LogP contribution is 2.21. The van der Waals surface area contributed by atoms with Crippen LogP contribution in [0.1, 0.15) is 22.7 Å². The van der Waals surface area contributed by atoms with Gasteiger partial charge >= 0.3 is 0 Å². The molecule has 106 valence electrons. The van der Waals surface area contributed by atoms with Crippen molar-refractivity contribution in [2.75, 3.05) is 25.5 Å². The summed E-state index contributed by atoms with van der Waals surface area (Å²) in [5.41, 5.74) is 5.29.